The highest BCUT2D eigenvalue weighted by Gasteiger charge is 2.51. The molecule has 1 atom stereocenters. The predicted molar refractivity (Wildman–Crippen MR) is 113 cm³/mol. The van der Waals surface area contributed by atoms with E-state index in [1.54, 1.807) is 24.3 Å². The molecule has 2 aromatic carbocycles. The van der Waals surface area contributed by atoms with Gasteiger partial charge >= 0.3 is 6.03 Å². The number of carbonyl (C=O) groups excluding carboxylic acids is 3. The van der Waals surface area contributed by atoms with Crippen molar-refractivity contribution in [3.8, 4) is 0 Å². The zero-order chi connectivity index (χ0) is 21.4. The summed E-state index contributed by atoms with van der Waals surface area (Å²) in [6, 6.07) is 15.0. The Morgan fingerprint density at radius 3 is 2.61 bits per heavy atom. The molecular weight excluding hydrogens is 394 g/mol. The number of benzene rings is 2. The Labute approximate surface area is 180 Å². The number of ether oxygens (including phenoxy) is 1. The molecule has 2 fully saturated rings. The fourth-order valence-electron chi connectivity index (χ4n) is 4.77. The fraction of sp³-hybridized carbons (Fsp3) is 0.375. The number of carbonyl (C=O) groups is 3. The molecule has 0 bridgehead atoms. The molecular formula is C24H25N3O4. The molecule has 31 heavy (non-hydrogen) atoms. The Kier molecular flexibility index (Phi) is 4.98. The average Bonchev–Trinajstić information content (AvgIpc) is 3.29. The van der Waals surface area contributed by atoms with Crippen molar-refractivity contribution < 1.29 is 19.1 Å². The lowest BCUT2D eigenvalue weighted by Crippen LogP contribution is -2.51. The maximum absolute atomic E-state index is 12.9. The van der Waals surface area contributed by atoms with Crippen molar-refractivity contribution in [2.75, 3.05) is 13.2 Å². The minimum Gasteiger partial charge on any atom is -0.381 e. The largest absolute Gasteiger partial charge is 0.381 e. The second-order valence-corrected chi connectivity index (χ2v) is 8.48. The molecule has 7 nitrogen and oxygen atoms in total. The maximum atomic E-state index is 12.9. The van der Waals surface area contributed by atoms with Crippen LogP contribution in [0.5, 0.6) is 0 Å². The van der Waals surface area contributed by atoms with E-state index in [0.717, 1.165) is 18.4 Å². The van der Waals surface area contributed by atoms with Gasteiger partial charge in [0.25, 0.3) is 11.8 Å². The van der Waals surface area contributed by atoms with Gasteiger partial charge in [0.2, 0.25) is 0 Å². The van der Waals surface area contributed by atoms with Crippen molar-refractivity contribution in [3.05, 3.63) is 70.8 Å². The number of urea groups is 1. The van der Waals surface area contributed by atoms with E-state index in [2.05, 4.69) is 22.8 Å². The van der Waals surface area contributed by atoms with Crippen molar-refractivity contribution >= 4 is 17.8 Å². The van der Waals surface area contributed by atoms with Crippen LogP contribution >= 0.6 is 0 Å². The molecule has 2 aliphatic heterocycles. The molecule has 160 valence electrons. The smallest absolute Gasteiger partial charge is 0.325 e. The number of nitrogens with zero attached hydrogens (tertiary/aromatic N) is 1. The molecule has 2 saturated heterocycles. The van der Waals surface area contributed by atoms with E-state index in [-0.39, 0.29) is 30.4 Å². The van der Waals surface area contributed by atoms with Gasteiger partial charge in [0, 0.05) is 31.6 Å². The third kappa shape index (κ3) is 3.59. The molecule has 1 spiro atoms. The third-order valence-corrected chi connectivity index (χ3v) is 6.59. The van der Waals surface area contributed by atoms with Gasteiger partial charge in [0.1, 0.15) is 5.54 Å². The first-order valence-electron chi connectivity index (χ1n) is 10.8. The van der Waals surface area contributed by atoms with Crippen LogP contribution in [0, 0.1) is 0 Å². The summed E-state index contributed by atoms with van der Waals surface area (Å²) < 4.78 is 5.34. The first kappa shape index (κ1) is 19.8. The Bertz CT molecular complexity index is 1030. The van der Waals surface area contributed by atoms with Gasteiger partial charge in [-0.1, -0.05) is 36.4 Å². The van der Waals surface area contributed by atoms with Crippen LogP contribution in [0.15, 0.2) is 48.5 Å². The van der Waals surface area contributed by atoms with Crippen LogP contribution in [0.4, 0.5) is 4.79 Å². The van der Waals surface area contributed by atoms with Crippen LogP contribution in [0.25, 0.3) is 0 Å². The van der Waals surface area contributed by atoms with E-state index < -0.39 is 5.54 Å². The van der Waals surface area contributed by atoms with Gasteiger partial charge in [-0.25, -0.2) is 4.79 Å². The fourth-order valence-corrected chi connectivity index (χ4v) is 4.77. The normalized spacial score (nSPS) is 21.8. The maximum Gasteiger partial charge on any atom is 0.325 e. The molecule has 3 aliphatic rings. The summed E-state index contributed by atoms with van der Waals surface area (Å²) in [4.78, 5) is 39.3. The van der Waals surface area contributed by atoms with Crippen LogP contribution in [0.3, 0.4) is 0 Å². The highest BCUT2D eigenvalue weighted by molar-refractivity contribution is 6.07. The van der Waals surface area contributed by atoms with E-state index in [0.29, 0.717) is 31.6 Å². The number of imide groups is 1. The van der Waals surface area contributed by atoms with Gasteiger partial charge in [-0.15, -0.1) is 0 Å². The Morgan fingerprint density at radius 2 is 1.84 bits per heavy atom. The predicted octanol–water partition coefficient (Wildman–Crippen LogP) is 2.70. The number of hydrogen-bond donors (Lipinski definition) is 2. The minimum atomic E-state index is -0.827. The van der Waals surface area contributed by atoms with Crippen molar-refractivity contribution in [3.63, 3.8) is 0 Å². The van der Waals surface area contributed by atoms with Crippen LogP contribution in [0.2, 0.25) is 0 Å². The summed E-state index contributed by atoms with van der Waals surface area (Å²) in [7, 11) is 0. The Hall–Kier alpha value is -3.19. The van der Waals surface area contributed by atoms with Crippen LogP contribution in [0.1, 0.15) is 52.4 Å². The van der Waals surface area contributed by atoms with E-state index in [1.807, 2.05) is 12.1 Å². The summed E-state index contributed by atoms with van der Waals surface area (Å²) in [6.07, 6.45) is 2.87. The lowest BCUT2D eigenvalue weighted by atomic mass is 9.90. The second-order valence-electron chi connectivity index (χ2n) is 8.48. The zero-order valence-electron chi connectivity index (χ0n) is 17.2. The number of hydrogen-bond acceptors (Lipinski definition) is 4. The SMILES string of the molecule is O=C(NC1CCc2ccccc21)c1ccc(CN2C(=O)NC3(CCOCC3)C2=O)cc1. The van der Waals surface area contributed by atoms with Gasteiger partial charge < -0.3 is 15.4 Å². The molecule has 5 rings (SSSR count). The number of aryl methyl sites for hydroxylation is 1. The molecule has 1 unspecified atom stereocenters. The van der Waals surface area contributed by atoms with Crippen molar-refractivity contribution in [2.24, 2.45) is 0 Å². The molecule has 0 aromatic heterocycles. The number of rotatable bonds is 4. The monoisotopic (exact) mass is 419 g/mol. The van der Waals surface area contributed by atoms with Crippen molar-refractivity contribution in [1.82, 2.24) is 15.5 Å². The highest BCUT2D eigenvalue weighted by Crippen LogP contribution is 2.31. The quantitative estimate of drug-likeness (QED) is 0.746. The summed E-state index contributed by atoms with van der Waals surface area (Å²) in [5.74, 6) is -0.313. The van der Waals surface area contributed by atoms with Gasteiger partial charge in [0.05, 0.1) is 12.6 Å². The lowest BCUT2D eigenvalue weighted by molar-refractivity contribution is -0.134. The van der Waals surface area contributed by atoms with Gasteiger partial charge in [-0.3, -0.25) is 14.5 Å². The minimum absolute atomic E-state index is 0.0324. The lowest BCUT2D eigenvalue weighted by Gasteiger charge is -2.30. The molecule has 0 saturated carbocycles. The van der Waals surface area contributed by atoms with Crippen molar-refractivity contribution in [2.45, 2.75) is 43.8 Å². The van der Waals surface area contributed by atoms with Crippen LogP contribution in [-0.2, 0) is 22.5 Å². The van der Waals surface area contributed by atoms with Gasteiger partial charge in [-0.2, -0.15) is 0 Å². The first-order valence-corrected chi connectivity index (χ1v) is 10.8. The van der Waals surface area contributed by atoms with E-state index in [1.165, 1.54) is 16.0 Å². The summed E-state index contributed by atoms with van der Waals surface area (Å²) in [5.41, 5.74) is 3.01. The van der Waals surface area contributed by atoms with Gasteiger partial charge in [0.15, 0.2) is 0 Å². The standard InChI is InChI=1S/C24H25N3O4/c28-21(25-20-10-9-17-3-1-2-4-19(17)20)18-7-5-16(6-8-18)15-27-22(29)24(26-23(27)30)11-13-31-14-12-24/h1-8,20H,9-15H2,(H,25,28)(H,26,30). The molecule has 7 heteroatoms. The number of fused-ring (bicyclic) bond motifs is 1. The third-order valence-electron chi connectivity index (χ3n) is 6.59. The van der Waals surface area contributed by atoms with Gasteiger partial charge in [-0.05, 0) is 41.7 Å². The summed E-state index contributed by atoms with van der Waals surface area (Å²) in [5, 5.41) is 5.98. The molecule has 4 amide bonds. The summed E-state index contributed by atoms with van der Waals surface area (Å²) >= 11 is 0. The first-order chi connectivity index (χ1) is 15.1. The zero-order valence-corrected chi connectivity index (χ0v) is 17.2. The molecule has 2 heterocycles. The highest BCUT2D eigenvalue weighted by atomic mass is 16.5. The van der Waals surface area contributed by atoms with Crippen LogP contribution < -0.4 is 10.6 Å². The van der Waals surface area contributed by atoms with Crippen molar-refractivity contribution in [1.29, 1.82) is 0 Å². The average molecular weight is 419 g/mol. The number of amides is 4. The second kappa shape index (κ2) is 7.81. The molecule has 2 N–H and O–H groups in total. The Balaban J connectivity index is 1.24. The van der Waals surface area contributed by atoms with E-state index in [9.17, 15) is 14.4 Å². The molecule has 2 aromatic rings. The topological polar surface area (TPSA) is 87.7 Å². The summed E-state index contributed by atoms with van der Waals surface area (Å²) in [6.45, 7) is 1.12. The van der Waals surface area contributed by atoms with E-state index in [4.69, 9.17) is 4.74 Å². The van der Waals surface area contributed by atoms with E-state index >= 15 is 0 Å². The number of nitrogens with one attached hydrogen (secondary N) is 2. The molecule has 0 radical (unpaired) electrons. The van der Waals surface area contributed by atoms with Crippen LogP contribution in [-0.4, -0.2) is 41.5 Å². The Morgan fingerprint density at radius 1 is 1.10 bits per heavy atom. The molecule has 1 aliphatic carbocycles.